The third-order valence-electron chi connectivity index (χ3n) is 4.90. The summed E-state index contributed by atoms with van der Waals surface area (Å²) in [5.41, 5.74) is 2.12. The number of nitrogens with zero attached hydrogens (tertiary/aromatic N) is 3. The highest BCUT2D eigenvalue weighted by atomic mass is 16.5. The highest BCUT2D eigenvalue weighted by Gasteiger charge is 2.26. The maximum atomic E-state index is 5.48. The summed E-state index contributed by atoms with van der Waals surface area (Å²) in [7, 11) is 0. The van der Waals surface area contributed by atoms with Gasteiger partial charge in [0.2, 0.25) is 0 Å². The second kappa shape index (κ2) is 5.73. The minimum atomic E-state index is 0.593. The molecule has 0 radical (unpaired) electrons. The summed E-state index contributed by atoms with van der Waals surface area (Å²) in [6, 6.07) is 4.12. The van der Waals surface area contributed by atoms with Crippen LogP contribution in [0.2, 0.25) is 0 Å². The fourth-order valence-corrected chi connectivity index (χ4v) is 3.68. The summed E-state index contributed by atoms with van der Waals surface area (Å²) < 4.78 is 5.48. The topological polar surface area (TPSA) is 54.0 Å². The molecule has 0 aliphatic carbocycles. The Morgan fingerprint density at radius 1 is 1.29 bits per heavy atom. The fourth-order valence-electron chi connectivity index (χ4n) is 3.68. The Morgan fingerprint density at radius 3 is 3.00 bits per heavy atom. The lowest BCUT2D eigenvalue weighted by atomic mass is 9.91. The van der Waals surface area contributed by atoms with Gasteiger partial charge in [0, 0.05) is 36.3 Å². The summed E-state index contributed by atoms with van der Waals surface area (Å²) in [5.74, 6) is 1.34. The van der Waals surface area contributed by atoms with E-state index in [1.807, 2.05) is 6.07 Å². The predicted molar refractivity (Wildman–Crippen MR) is 81.2 cm³/mol. The maximum absolute atomic E-state index is 5.48. The molecule has 5 heteroatoms. The van der Waals surface area contributed by atoms with E-state index in [-0.39, 0.29) is 0 Å². The minimum absolute atomic E-state index is 0.593. The van der Waals surface area contributed by atoms with E-state index in [1.165, 1.54) is 50.0 Å². The summed E-state index contributed by atoms with van der Waals surface area (Å²) in [6.07, 6.45) is 5.45. The molecule has 0 spiro atoms. The van der Waals surface area contributed by atoms with Crippen molar-refractivity contribution < 1.29 is 4.74 Å². The minimum Gasteiger partial charge on any atom is -0.381 e. The van der Waals surface area contributed by atoms with Crippen LogP contribution in [-0.2, 0) is 4.74 Å². The molecule has 5 nitrogen and oxygen atoms in total. The number of likely N-dealkylation sites (tertiary alicyclic amines) is 1. The van der Waals surface area contributed by atoms with Crippen LogP contribution in [-0.4, -0.2) is 52.9 Å². The molecule has 2 aliphatic rings. The lowest BCUT2D eigenvalue weighted by Gasteiger charge is -2.32. The van der Waals surface area contributed by atoms with Crippen LogP contribution in [0.1, 0.15) is 30.9 Å². The molecule has 2 aromatic heterocycles. The molecule has 1 atom stereocenters. The molecular weight excluding hydrogens is 264 g/mol. The predicted octanol–water partition coefficient (Wildman–Crippen LogP) is 2.17. The van der Waals surface area contributed by atoms with E-state index in [0.29, 0.717) is 5.92 Å². The number of pyridine rings is 1. The first kappa shape index (κ1) is 13.2. The van der Waals surface area contributed by atoms with Crippen LogP contribution in [0.5, 0.6) is 0 Å². The normalized spacial score (nSPS) is 24.9. The van der Waals surface area contributed by atoms with Crippen molar-refractivity contribution in [2.75, 3.05) is 32.8 Å². The number of hydrogen-bond acceptors (Lipinski definition) is 4. The number of piperidine rings is 1. The van der Waals surface area contributed by atoms with E-state index in [9.17, 15) is 0 Å². The number of nitrogens with one attached hydrogen (secondary N) is 1. The molecule has 21 heavy (non-hydrogen) atoms. The van der Waals surface area contributed by atoms with Crippen molar-refractivity contribution in [2.45, 2.75) is 25.2 Å². The molecule has 0 aromatic carbocycles. The Bertz CT molecular complexity index is 597. The summed E-state index contributed by atoms with van der Waals surface area (Å²) in [5, 5.41) is 8.74. The fraction of sp³-hybridized carbons (Fsp3) is 0.625. The third kappa shape index (κ3) is 2.68. The van der Waals surface area contributed by atoms with Crippen molar-refractivity contribution in [3.05, 3.63) is 24.0 Å². The van der Waals surface area contributed by atoms with E-state index in [0.717, 1.165) is 24.8 Å². The summed E-state index contributed by atoms with van der Waals surface area (Å²) >= 11 is 0. The number of fused-ring (bicyclic) bond motifs is 1. The van der Waals surface area contributed by atoms with Gasteiger partial charge < -0.3 is 9.64 Å². The molecule has 2 saturated heterocycles. The van der Waals surface area contributed by atoms with E-state index >= 15 is 0 Å². The number of hydrogen-bond donors (Lipinski definition) is 1. The number of H-pyrrole nitrogens is 1. The SMILES string of the molecule is c1cnc2n[nH]c(C3CCN(CC4CCOC4)CC3)c2c1. The Kier molecular flexibility index (Phi) is 3.61. The van der Waals surface area contributed by atoms with E-state index in [2.05, 4.69) is 26.1 Å². The van der Waals surface area contributed by atoms with Crippen LogP contribution in [0, 0.1) is 5.92 Å². The average molecular weight is 286 g/mol. The molecule has 4 heterocycles. The Balaban J connectivity index is 1.40. The lowest BCUT2D eigenvalue weighted by Crippen LogP contribution is -2.36. The Hall–Kier alpha value is -1.46. The Labute approximate surface area is 124 Å². The van der Waals surface area contributed by atoms with Gasteiger partial charge in [-0.15, -0.1) is 0 Å². The number of aromatic amines is 1. The second-order valence-corrected chi connectivity index (χ2v) is 6.32. The van der Waals surface area contributed by atoms with Crippen molar-refractivity contribution in [1.29, 1.82) is 0 Å². The van der Waals surface area contributed by atoms with Gasteiger partial charge in [-0.05, 0) is 50.4 Å². The zero-order valence-corrected chi connectivity index (χ0v) is 12.3. The van der Waals surface area contributed by atoms with Crippen LogP contribution in [0.15, 0.2) is 18.3 Å². The van der Waals surface area contributed by atoms with Crippen LogP contribution >= 0.6 is 0 Å². The standard InChI is InChI=1S/C16H22N4O/c1-2-14-15(18-19-16(14)17-6-1)13-3-7-20(8-4-13)10-12-5-9-21-11-12/h1-2,6,12-13H,3-5,7-11H2,(H,17,18,19). The third-order valence-corrected chi connectivity index (χ3v) is 4.90. The molecule has 0 amide bonds. The second-order valence-electron chi connectivity index (χ2n) is 6.32. The van der Waals surface area contributed by atoms with Crippen molar-refractivity contribution in [3.8, 4) is 0 Å². The lowest BCUT2D eigenvalue weighted by molar-refractivity contribution is 0.152. The molecule has 2 aliphatic heterocycles. The number of rotatable bonds is 3. The molecule has 2 aromatic rings. The van der Waals surface area contributed by atoms with Crippen LogP contribution < -0.4 is 0 Å². The van der Waals surface area contributed by atoms with Crippen molar-refractivity contribution >= 4 is 11.0 Å². The van der Waals surface area contributed by atoms with E-state index in [4.69, 9.17) is 4.74 Å². The van der Waals surface area contributed by atoms with Crippen molar-refractivity contribution in [1.82, 2.24) is 20.1 Å². The van der Waals surface area contributed by atoms with Crippen LogP contribution in [0.3, 0.4) is 0 Å². The molecule has 1 unspecified atom stereocenters. The molecule has 0 saturated carbocycles. The van der Waals surface area contributed by atoms with Gasteiger partial charge in [-0.2, -0.15) is 5.10 Å². The highest BCUT2D eigenvalue weighted by Crippen LogP contribution is 2.31. The maximum Gasteiger partial charge on any atom is 0.181 e. The highest BCUT2D eigenvalue weighted by molar-refractivity contribution is 5.77. The number of aromatic nitrogens is 3. The first-order valence-electron chi connectivity index (χ1n) is 7.99. The van der Waals surface area contributed by atoms with E-state index < -0.39 is 0 Å². The van der Waals surface area contributed by atoms with Crippen molar-refractivity contribution in [2.24, 2.45) is 5.92 Å². The van der Waals surface area contributed by atoms with Gasteiger partial charge >= 0.3 is 0 Å². The Morgan fingerprint density at radius 2 is 2.19 bits per heavy atom. The van der Waals surface area contributed by atoms with Gasteiger partial charge in [-0.25, -0.2) is 4.98 Å². The first-order valence-corrected chi connectivity index (χ1v) is 7.99. The zero-order valence-electron chi connectivity index (χ0n) is 12.3. The van der Waals surface area contributed by atoms with Gasteiger partial charge in [0.05, 0.1) is 6.61 Å². The van der Waals surface area contributed by atoms with Gasteiger partial charge in [-0.3, -0.25) is 5.10 Å². The molecule has 1 N–H and O–H groups in total. The van der Waals surface area contributed by atoms with Gasteiger partial charge in [0.1, 0.15) is 0 Å². The monoisotopic (exact) mass is 286 g/mol. The molecule has 4 rings (SSSR count). The van der Waals surface area contributed by atoms with Crippen LogP contribution in [0.25, 0.3) is 11.0 Å². The van der Waals surface area contributed by atoms with Gasteiger partial charge in [0.25, 0.3) is 0 Å². The van der Waals surface area contributed by atoms with Gasteiger partial charge in [0.15, 0.2) is 5.65 Å². The quantitative estimate of drug-likeness (QED) is 0.939. The van der Waals surface area contributed by atoms with Gasteiger partial charge in [-0.1, -0.05) is 0 Å². The molecular formula is C16H22N4O. The first-order chi connectivity index (χ1) is 10.4. The molecule has 112 valence electrons. The molecule has 2 fully saturated rings. The van der Waals surface area contributed by atoms with E-state index in [1.54, 1.807) is 6.20 Å². The van der Waals surface area contributed by atoms with Crippen molar-refractivity contribution in [3.63, 3.8) is 0 Å². The van der Waals surface area contributed by atoms with Crippen LogP contribution in [0.4, 0.5) is 0 Å². The number of ether oxygens (including phenoxy) is 1. The summed E-state index contributed by atoms with van der Waals surface area (Å²) in [6.45, 7) is 5.48. The molecule has 0 bridgehead atoms. The smallest absolute Gasteiger partial charge is 0.181 e. The zero-order chi connectivity index (χ0) is 14.1. The average Bonchev–Trinajstić information content (AvgIpc) is 3.17. The largest absolute Gasteiger partial charge is 0.381 e. The summed E-state index contributed by atoms with van der Waals surface area (Å²) in [4.78, 5) is 6.92.